The van der Waals surface area contributed by atoms with Crippen molar-refractivity contribution in [2.75, 3.05) is 9.80 Å². The van der Waals surface area contributed by atoms with E-state index in [1.165, 1.54) is 83.5 Å². The first-order valence-corrected chi connectivity index (χ1v) is 30.0. The zero-order valence-electron chi connectivity index (χ0n) is 51.2. The van der Waals surface area contributed by atoms with Crippen LogP contribution in [-0.4, -0.2) is 4.57 Å². The van der Waals surface area contributed by atoms with Crippen molar-refractivity contribution in [1.29, 1.82) is 0 Å². The van der Waals surface area contributed by atoms with Gasteiger partial charge in [-0.25, -0.2) is 0 Å². The first-order valence-electron chi connectivity index (χ1n) is 30.0. The van der Waals surface area contributed by atoms with Crippen LogP contribution in [0.2, 0.25) is 0 Å². The Labute approximate surface area is 500 Å². The van der Waals surface area contributed by atoms with Crippen LogP contribution in [0.15, 0.2) is 255 Å². The standard InChI is InChI=1S/C81H79N3/c1-15-28-53(9)64(20-6)66-41-35-58(47-55(66)18-4)82(62-37-43-70-68(29-16-2)74(21-7)80(11,12)76(70)51-62)60-39-45-78-72(49-60)73-50-61(40-46-79(73)84(78)57-32-24-23-25-33-57)83(59-36-42-67(56(19-5)48-59)65-34-27-26-31-54(65)10)63-38-44-71-69(30-17-3)75(22-8)81(13,14)77(71)52-63/h15-17,20-52H,6-8,18-19H2,1-5,9-14H3/b28-15-,29-16-,30-17-,64-53+. The van der Waals surface area contributed by atoms with Gasteiger partial charge in [0.1, 0.15) is 0 Å². The first-order chi connectivity index (χ1) is 40.7. The van der Waals surface area contributed by atoms with E-state index in [1.807, 2.05) is 6.08 Å². The minimum atomic E-state index is -0.262. The zero-order valence-corrected chi connectivity index (χ0v) is 51.2. The second-order valence-corrected chi connectivity index (χ2v) is 23.5. The van der Waals surface area contributed by atoms with E-state index in [-0.39, 0.29) is 10.8 Å². The fourth-order valence-electron chi connectivity index (χ4n) is 13.8. The smallest absolute Gasteiger partial charge is 0.0542 e. The molecule has 0 N–H and O–H groups in total. The van der Waals surface area contributed by atoms with Gasteiger partial charge in [-0.3, -0.25) is 0 Å². The SMILES string of the molecule is C=CC1=C(/C=C\C)c2ccc(N(c3ccc(/C(C=C)=C(C)/C=C\C)c(CC)c3)c3ccc4c(c3)c3cc(N(c5ccc(-c6ccccc6C)c(CC)c5)c5ccc6c(c5)C(C)(C)C(C=C)=C6/C=C\C)ccc3n4-c3ccccc3)cc2C1(C)C. The maximum atomic E-state index is 4.34. The van der Waals surface area contributed by atoms with Crippen LogP contribution in [-0.2, 0) is 23.7 Å². The van der Waals surface area contributed by atoms with Crippen molar-refractivity contribution in [3.05, 3.63) is 299 Å². The number of benzene rings is 8. The molecular weight excluding hydrogens is 1010 g/mol. The van der Waals surface area contributed by atoms with Crippen LogP contribution in [0.3, 0.4) is 0 Å². The first kappa shape index (κ1) is 56.7. The van der Waals surface area contributed by atoms with Gasteiger partial charge in [0.15, 0.2) is 0 Å². The third-order valence-corrected chi connectivity index (χ3v) is 17.9. The predicted octanol–water partition coefficient (Wildman–Crippen LogP) is 23.0. The van der Waals surface area contributed by atoms with Crippen LogP contribution in [0.1, 0.15) is 114 Å². The normalized spacial score (nSPS) is 14.8. The molecule has 3 nitrogen and oxygen atoms in total. The summed E-state index contributed by atoms with van der Waals surface area (Å²) in [4.78, 5) is 4.96. The highest BCUT2D eigenvalue weighted by Crippen LogP contribution is 2.53. The molecule has 2 aliphatic carbocycles. The summed E-state index contributed by atoms with van der Waals surface area (Å²) >= 11 is 0. The molecule has 0 atom stereocenters. The summed E-state index contributed by atoms with van der Waals surface area (Å²) in [6.45, 7) is 37.5. The monoisotopic (exact) mass is 1090 g/mol. The minimum absolute atomic E-state index is 0.256. The van der Waals surface area contributed by atoms with Gasteiger partial charge in [-0.05, 0) is 234 Å². The number of fused-ring (bicyclic) bond motifs is 5. The van der Waals surface area contributed by atoms with Gasteiger partial charge >= 0.3 is 0 Å². The second kappa shape index (κ2) is 22.9. The number of hydrogen-bond acceptors (Lipinski definition) is 2. The quantitative estimate of drug-likeness (QED) is 0.0842. The lowest BCUT2D eigenvalue weighted by molar-refractivity contribution is 0.654. The molecule has 0 aliphatic heterocycles. The summed E-state index contributed by atoms with van der Waals surface area (Å²) in [7, 11) is 0. The van der Waals surface area contributed by atoms with Crippen LogP contribution >= 0.6 is 0 Å². The Bertz CT molecular complexity index is 4320. The van der Waals surface area contributed by atoms with E-state index < -0.39 is 0 Å². The molecule has 0 spiro atoms. The lowest BCUT2D eigenvalue weighted by Crippen LogP contribution is -2.17. The van der Waals surface area contributed by atoms with Crippen molar-refractivity contribution in [3.63, 3.8) is 0 Å². The summed E-state index contributed by atoms with van der Waals surface area (Å²) in [5.41, 5.74) is 29.4. The van der Waals surface area contributed by atoms with Gasteiger partial charge in [0.2, 0.25) is 0 Å². The number of aryl methyl sites for hydroxylation is 3. The maximum absolute atomic E-state index is 4.34. The molecule has 8 aromatic carbocycles. The molecule has 0 bridgehead atoms. The van der Waals surface area contributed by atoms with Crippen LogP contribution in [0.25, 0.3) is 55.3 Å². The number of nitrogens with zero attached hydrogens (tertiary/aromatic N) is 3. The fraction of sp³-hybridized carbons (Fsp3) is 0.185. The average molecular weight is 1090 g/mol. The molecule has 9 aromatic rings. The van der Waals surface area contributed by atoms with Crippen molar-refractivity contribution in [2.24, 2.45) is 0 Å². The summed E-state index contributed by atoms with van der Waals surface area (Å²) in [6.07, 6.45) is 20.9. The number of rotatable bonds is 17. The molecule has 11 rings (SSSR count). The number of aromatic nitrogens is 1. The van der Waals surface area contributed by atoms with E-state index in [4.69, 9.17) is 0 Å². The molecular formula is C81H79N3. The Morgan fingerprint density at radius 2 is 0.940 bits per heavy atom. The molecule has 2 aliphatic rings. The lowest BCUT2D eigenvalue weighted by atomic mass is 9.81. The number of para-hydroxylation sites is 1. The number of anilines is 6. The molecule has 1 aromatic heterocycles. The highest BCUT2D eigenvalue weighted by atomic mass is 15.2. The van der Waals surface area contributed by atoms with E-state index in [9.17, 15) is 0 Å². The molecule has 1 heterocycles. The Morgan fingerprint density at radius 1 is 0.488 bits per heavy atom. The van der Waals surface area contributed by atoms with Gasteiger partial charge in [0.05, 0.1) is 11.0 Å². The fourth-order valence-corrected chi connectivity index (χ4v) is 13.8. The molecule has 0 saturated heterocycles. The van der Waals surface area contributed by atoms with Crippen molar-refractivity contribution >= 4 is 72.6 Å². The second-order valence-electron chi connectivity index (χ2n) is 23.5. The molecule has 84 heavy (non-hydrogen) atoms. The van der Waals surface area contributed by atoms with Gasteiger partial charge in [-0.2, -0.15) is 0 Å². The van der Waals surface area contributed by atoms with Crippen molar-refractivity contribution in [3.8, 4) is 16.8 Å². The molecule has 418 valence electrons. The summed E-state index contributed by atoms with van der Waals surface area (Å²) < 4.78 is 2.44. The van der Waals surface area contributed by atoms with Gasteiger partial charge in [-0.15, -0.1) is 0 Å². The molecule has 0 saturated carbocycles. The number of allylic oxidation sites excluding steroid dienone is 15. The lowest BCUT2D eigenvalue weighted by Gasteiger charge is -2.29. The third kappa shape index (κ3) is 9.50. The molecule has 0 fully saturated rings. The van der Waals surface area contributed by atoms with Crippen LogP contribution in [0.4, 0.5) is 34.1 Å². The molecule has 3 heteroatoms. The number of hydrogen-bond donors (Lipinski definition) is 0. The van der Waals surface area contributed by atoms with Crippen LogP contribution in [0, 0.1) is 6.92 Å². The Kier molecular flexibility index (Phi) is 15.4. The van der Waals surface area contributed by atoms with Gasteiger partial charge in [0.25, 0.3) is 0 Å². The van der Waals surface area contributed by atoms with Gasteiger partial charge < -0.3 is 14.4 Å². The maximum Gasteiger partial charge on any atom is 0.0542 e. The minimum Gasteiger partial charge on any atom is -0.310 e. The summed E-state index contributed by atoms with van der Waals surface area (Å²) in [6, 6.07) is 62.0. The van der Waals surface area contributed by atoms with Crippen molar-refractivity contribution in [1.82, 2.24) is 4.57 Å². The van der Waals surface area contributed by atoms with E-state index >= 15 is 0 Å². The Hall–Kier alpha value is -9.18. The Morgan fingerprint density at radius 3 is 1.42 bits per heavy atom. The third-order valence-electron chi connectivity index (χ3n) is 17.9. The van der Waals surface area contributed by atoms with Crippen molar-refractivity contribution in [2.45, 2.75) is 99.8 Å². The molecule has 0 unspecified atom stereocenters. The zero-order chi connectivity index (χ0) is 59.2. The van der Waals surface area contributed by atoms with E-state index in [0.717, 1.165) is 80.0 Å². The summed E-state index contributed by atoms with van der Waals surface area (Å²) in [5, 5.41) is 2.32. The Balaban J connectivity index is 1.17. The highest BCUT2D eigenvalue weighted by Gasteiger charge is 2.38. The molecule has 0 radical (unpaired) electrons. The van der Waals surface area contributed by atoms with Crippen molar-refractivity contribution < 1.29 is 0 Å². The van der Waals surface area contributed by atoms with Crippen LogP contribution < -0.4 is 9.80 Å². The average Bonchev–Trinajstić information content (AvgIpc) is 2.71. The van der Waals surface area contributed by atoms with Gasteiger partial charge in [-0.1, -0.05) is 183 Å². The van der Waals surface area contributed by atoms with Crippen LogP contribution in [0.5, 0.6) is 0 Å². The van der Waals surface area contributed by atoms with E-state index in [0.29, 0.717) is 0 Å². The summed E-state index contributed by atoms with van der Waals surface area (Å²) in [5.74, 6) is 0. The van der Waals surface area contributed by atoms with E-state index in [1.54, 1.807) is 0 Å². The largest absolute Gasteiger partial charge is 0.310 e. The van der Waals surface area contributed by atoms with Gasteiger partial charge in [0, 0.05) is 61.4 Å². The van der Waals surface area contributed by atoms with E-state index in [2.05, 4.69) is 323 Å². The highest BCUT2D eigenvalue weighted by molar-refractivity contribution is 6.12. The topological polar surface area (TPSA) is 11.4 Å². The molecule has 0 amide bonds. The predicted molar refractivity (Wildman–Crippen MR) is 367 cm³/mol.